The van der Waals surface area contributed by atoms with Crippen LogP contribution < -0.4 is 11.2 Å². The Labute approximate surface area is 200 Å². The summed E-state index contributed by atoms with van der Waals surface area (Å²) in [6, 6.07) is 1.35. The minimum atomic E-state index is -2.13. The van der Waals surface area contributed by atoms with Gasteiger partial charge in [0, 0.05) is 25.1 Å². The predicted octanol–water partition coefficient (Wildman–Crippen LogP) is 4.97. The Morgan fingerprint density at radius 3 is 2.21 bits per heavy atom. The van der Waals surface area contributed by atoms with Crippen LogP contribution in [0.5, 0.6) is 0 Å². The van der Waals surface area contributed by atoms with Gasteiger partial charge < -0.3 is 13.6 Å². The van der Waals surface area contributed by atoms with Gasteiger partial charge in [-0.15, -0.1) is 6.58 Å². The SMILES string of the molecule is C=CC[C@@]1(n2ccc(=O)[nH]c2=O)C[C@H](O[Si](C)(C)C(C)(C)C)[C@@H](CO[Si](C)(C)C(C)(C)C)O1. The van der Waals surface area contributed by atoms with Gasteiger partial charge in [0.1, 0.15) is 6.10 Å². The van der Waals surface area contributed by atoms with Crippen molar-refractivity contribution < 1.29 is 13.6 Å². The molecule has 1 aliphatic rings. The molecule has 0 radical (unpaired) electrons. The Balaban J connectivity index is 2.48. The summed E-state index contributed by atoms with van der Waals surface area (Å²) >= 11 is 0. The van der Waals surface area contributed by atoms with Crippen molar-refractivity contribution in [2.24, 2.45) is 0 Å². The largest absolute Gasteiger partial charge is 0.414 e. The van der Waals surface area contributed by atoms with Crippen LogP contribution in [0.2, 0.25) is 36.3 Å². The molecule has 0 saturated carbocycles. The summed E-state index contributed by atoms with van der Waals surface area (Å²) in [5.74, 6) is 0. The van der Waals surface area contributed by atoms with Crippen molar-refractivity contribution in [2.75, 3.05) is 6.61 Å². The monoisotopic (exact) mass is 496 g/mol. The molecule has 1 aromatic rings. The highest BCUT2D eigenvalue weighted by molar-refractivity contribution is 6.74. The van der Waals surface area contributed by atoms with E-state index in [0.29, 0.717) is 19.4 Å². The number of hydrogen-bond acceptors (Lipinski definition) is 5. The van der Waals surface area contributed by atoms with Gasteiger partial charge in [0.15, 0.2) is 22.4 Å². The van der Waals surface area contributed by atoms with Gasteiger partial charge in [-0.2, -0.15) is 0 Å². The van der Waals surface area contributed by atoms with Crippen molar-refractivity contribution in [1.82, 2.24) is 9.55 Å². The molecule has 0 aliphatic carbocycles. The fourth-order valence-corrected chi connectivity index (χ4v) is 5.88. The van der Waals surface area contributed by atoms with Crippen molar-refractivity contribution in [3.8, 4) is 0 Å². The summed E-state index contributed by atoms with van der Waals surface area (Å²) in [7, 11) is -4.15. The second-order valence-corrected chi connectivity index (χ2v) is 21.8. The van der Waals surface area contributed by atoms with E-state index in [4.69, 9.17) is 13.6 Å². The molecule has 0 amide bonds. The summed E-state index contributed by atoms with van der Waals surface area (Å²) in [6.45, 7) is 26.4. The summed E-state index contributed by atoms with van der Waals surface area (Å²) in [6.07, 6.45) is 3.56. The van der Waals surface area contributed by atoms with Gasteiger partial charge in [-0.05, 0) is 36.3 Å². The molecule has 3 atom stereocenters. The van der Waals surface area contributed by atoms with Gasteiger partial charge in [-0.3, -0.25) is 14.3 Å². The average molecular weight is 497 g/mol. The number of aromatic amines is 1. The number of rotatable bonds is 8. The van der Waals surface area contributed by atoms with E-state index in [0.717, 1.165) is 0 Å². The minimum absolute atomic E-state index is 0.0242. The zero-order valence-electron chi connectivity index (χ0n) is 22.2. The van der Waals surface area contributed by atoms with Gasteiger partial charge in [-0.1, -0.05) is 47.6 Å². The molecule has 1 saturated heterocycles. The summed E-state index contributed by atoms with van der Waals surface area (Å²) in [4.78, 5) is 26.8. The topological polar surface area (TPSA) is 82.6 Å². The number of nitrogens with one attached hydrogen (secondary N) is 1. The highest BCUT2D eigenvalue weighted by Gasteiger charge is 2.52. The van der Waals surface area contributed by atoms with Crippen molar-refractivity contribution in [3.63, 3.8) is 0 Å². The Bertz CT molecular complexity index is 955. The molecule has 1 aromatic heterocycles. The van der Waals surface area contributed by atoms with E-state index in [2.05, 4.69) is 79.3 Å². The number of nitrogens with zero attached hydrogens (tertiary/aromatic N) is 1. The van der Waals surface area contributed by atoms with Gasteiger partial charge in [0.25, 0.3) is 5.56 Å². The van der Waals surface area contributed by atoms with E-state index in [-0.39, 0.29) is 22.3 Å². The highest BCUT2D eigenvalue weighted by Crippen LogP contribution is 2.45. The van der Waals surface area contributed by atoms with E-state index in [9.17, 15) is 9.59 Å². The Morgan fingerprint density at radius 1 is 1.15 bits per heavy atom. The third-order valence-corrected chi connectivity index (χ3v) is 16.7. The molecule has 2 rings (SSSR count). The highest BCUT2D eigenvalue weighted by atomic mass is 28.4. The minimum Gasteiger partial charge on any atom is -0.414 e. The number of ether oxygens (including phenoxy) is 1. The molecule has 0 aromatic carbocycles. The maximum atomic E-state index is 12.8. The zero-order valence-corrected chi connectivity index (χ0v) is 24.2. The third-order valence-electron chi connectivity index (χ3n) is 7.70. The predicted molar refractivity (Wildman–Crippen MR) is 139 cm³/mol. The van der Waals surface area contributed by atoms with E-state index in [1.807, 2.05) is 0 Å². The van der Waals surface area contributed by atoms with E-state index in [1.54, 1.807) is 6.08 Å². The molecular formula is C24H44N2O5Si2. The standard InChI is InChI=1S/C24H44N2O5Si2/c1-12-14-24(26-15-13-20(27)25-21(26)28)16-18(31-33(10,11)23(5,6)7)19(30-24)17-29-32(8,9)22(2,3)4/h12-13,15,18-19H,1,14,16-17H2,2-11H3,(H,25,27,28)/t18-,19+,24-/m0/s1. The first-order valence-electron chi connectivity index (χ1n) is 11.8. The first-order chi connectivity index (χ1) is 14.9. The van der Waals surface area contributed by atoms with Crippen LogP contribution in [0, 0.1) is 0 Å². The van der Waals surface area contributed by atoms with E-state index >= 15 is 0 Å². The lowest BCUT2D eigenvalue weighted by Gasteiger charge is -2.40. The molecule has 7 nitrogen and oxygen atoms in total. The molecule has 33 heavy (non-hydrogen) atoms. The lowest BCUT2D eigenvalue weighted by Crippen LogP contribution is -2.48. The smallest absolute Gasteiger partial charge is 0.330 e. The molecule has 0 bridgehead atoms. The Hall–Kier alpha value is -1.27. The zero-order chi connectivity index (χ0) is 25.5. The number of H-pyrrole nitrogens is 1. The van der Waals surface area contributed by atoms with E-state index in [1.165, 1.54) is 16.8 Å². The van der Waals surface area contributed by atoms with Crippen molar-refractivity contribution in [1.29, 1.82) is 0 Å². The summed E-state index contributed by atoms with van der Waals surface area (Å²) in [5.41, 5.74) is -1.92. The van der Waals surface area contributed by atoms with Crippen molar-refractivity contribution >= 4 is 16.6 Å². The van der Waals surface area contributed by atoms with Crippen LogP contribution in [0.3, 0.4) is 0 Å². The molecule has 0 unspecified atom stereocenters. The fourth-order valence-electron chi connectivity index (χ4n) is 3.52. The van der Waals surface area contributed by atoms with Gasteiger partial charge >= 0.3 is 5.69 Å². The van der Waals surface area contributed by atoms with E-state index < -0.39 is 33.6 Å². The van der Waals surface area contributed by atoms with Crippen LogP contribution in [-0.4, -0.2) is 45.0 Å². The van der Waals surface area contributed by atoms with Crippen LogP contribution in [0.1, 0.15) is 54.4 Å². The van der Waals surface area contributed by atoms with Crippen LogP contribution in [0.15, 0.2) is 34.5 Å². The van der Waals surface area contributed by atoms with Gasteiger partial charge in [0.05, 0.1) is 12.7 Å². The molecule has 2 heterocycles. The normalized spacial score (nSPS) is 24.8. The molecular weight excluding hydrogens is 452 g/mol. The second kappa shape index (κ2) is 9.41. The van der Waals surface area contributed by atoms with Crippen molar-refractivity contribution in [3.05, 3.63) is 45.8 Å². The number of hydrogen-bond donors (Lipinski definition) is 1. The maximum absolute atomic E-state index is 12.8. The quantitative estimate of drug-likeness (QED) is 0.406. The Kier molecular flexibility index (Phi) is 7.98. The van der Waals surface area contributed by atoms with Crippen LogP contribution in [0.25, 0.3) is 0 Å². The molecule has 0 spiro atoms. The Morgan fingerprint density at radius 2 is 1.73 bits per heavy atom. The third kappa shape index (κ3) is 6.06. The summed E-state index contributed by atoms with van der Waals surface area (Å²) in [5, 5.41) is 0.0891. The number of aromatic nitrogens is 2. The maximum Gasteiger partial charge on any atom is 0.330 e. The molecule has 1 aliphatic heterocycles. The van der Waals surface area contributed by atoms with Crippen LogP contribution in [-0.2, 0) is 19.3 Å². The van der Waals surface area contributed by atoms with Crippen molar-refractivity contribution in [2.45, 2.75) is 109 Å². The first-order valence-corrected chi connectivity index (χ1v) is 17.6. The summed E-state index contributed by atoms with van der Waals surface area (Å²) < 4.78 is 21.5. The first kappa shape index (κ1) is 28.0. The van der Waals surface area contributed by atoms with Crippen LogP contribution in [0.4, 0.5) is 0 Å². The fraction of sp³-hybridized carbons (Fsp3) is 0.750. The second-order valence-electron chi connectivity index (χ2n) is 12.3. The lowest BCUT2D eigenvalue weighted by molar-refractivity contribution is -0.115. The average Bonchev–Trinajstić information content (AvgIpc) is 2.95. The lowest BCUT2D eigenvalue weighted by atomic mass is 10.0. The molecule has 1 N–H and O–H groups in total. The van der Waals surface area contributed by atoms with Gasteiger partial charge in [-0.25, -0.2) is 4.79 Å². The molecule has 9 heteroatoms. The molecule has 188 valence electrons. The van der Waals surface area contributed by atoms with Crippen LogP contribution >= 0.6 is 0 Å². The molecule has 1 fully saturated rings. The van der Waals surface area contributed by atoms with Gasteiger partial charge in [0.2, 0.25) is 0 Å².